The SMILES string of the molecule is O=C(CCc1ccccc1-c1cccc2ccccc12)Nc1ccccc1Cl. The summed E-state index contributed by atoms with van der Waals surface area (Å²) in [6, 6.07) is 30.3. The molecule has 3 heteroatoms. The summed E-state index contributed by atoms with van der Waals surface area (Å²) < 4.78 is 0. The van der Waals surface area contributed by atoms with Crippen molar-refractivity contribution in [3.05, 3.63) is 102 Å². The van der Waals surface area contributed by atoms with Crippen LogP contribution in [0.4, 0.5) is 5.69 Å². The second kappa shape index (κ2) is 8.28. The van der Waals surface area contributed by atoms with Gasteiger partial charge in [-0.05, 0) is 46.0 Å². The van der Waals surface area contributed by atoms with E-state index in [2.05, 4.69) is 59.9 Å². The fraction of sp³-hybridized carbons (Fsp3) is 0.0800. The first-order chi connectivity index (χ1) is 13.7. The van der Waals surface area contributed by atoms with Crippen LogP contribution in [0.25, 0.3) is 21.9 Å². The van der Waals surface area contributed by atoms with E-state index in [-0.39, 0.29) is 5.91 Å². The maximum Gasteiger partial charge on any atom is 0.224 e. The summed E-state index contributed by atoms with van der Waals surface area (Å²) in [6.45, 7) is 0. The average Bonchev–Trinajstić information content (AvgIpc) is 2.74. The van der Waals surface area contributed by atoms with Gasteiger partial charge in [0.05, 0.1) is 10.7 Å². The van der Waals surface area contributed by atoms with Crippen LogP contribution in [0.5, 0.6) is 0 Å². The Morgan fingerprint density at radius 2 is 1.43 bits per heavy atom. The first-order valence-electron chi connectivity index (χ1n) is 9.33. The molecule has 2 nitrogen and oxygen atoms in total. The summed E-state index contributed by atoms with van der Waals surface area (Å²) in [5.41, 5.74) is 4.18. The van der Waals surface area contributed by atoms with Crippen LogP contribution in [-0.2, 0) is 11.2 Å². The van der Waals surface area contributed by atoms with E-state index >= 15 is 0 Å². The zero-order valence-corrected chi connectivity index (χ0v) is 16.1. The number of carbonyl (C=O) groups excluding carboxylic acids is 1. The second-order valence-corrected chi connectivity index (χ2v) is 7.12. The molecule has 0 aliphatic heterocycles. The minimum absolute atomic E-state index is 0.0409. The van der Waals surface area contributed by atoms with E-state index in [1.165, 1.54) is 21.9 Å². The molecule has 0 bridgehead atoms. The van der Waals surface area contributed by atoms with Gasteiger partial charge in [0, 0.05) is 6.42 Å². The molecular formula is C25H20ClNO. The van der Waals surface area contributed by atoms with E-state index in [0.29, 0.717) is 23.6 Å². The molecule has 1 amide bonds. The lowest BCUT2D eigenvalue weighted by Gasteiger charge is -2.13. The normalized spacial score (nSPS) is 10.8. The van der Waals surface area contributed by atoms with Gasteiger partial charge in [0.15, 0.2) is 0 Å². The molecule has 0 atom stereocenters. The third-order valence-corrected chi connectivity index (χ3v) is 5.20. The maximum atomic E-state index is 12.4. The van der Waals surface area contributed by atoms with Crippen molar-refractivity contribution >= 4 is 34.0 Å². The first kappa shape index (κ1) is 18.3. The summed E-state index contributed by atoms with van der Waals surface area (Å²) in [5.74, 6) is -0.0409. The van der Waals surface area contributed by atoms with Gasteiger partial charge in [0.2, 0.25) is 5.91 Å². The van der Waals surface area contributed by atoms with Crippen LogP contribution in [0.2, 0.25) is 5.02 Å². The van der Waals surface area contributed by atoms with E-state index in [1.807, 2.05) is 30.3 Å². The van der Waals surface area contributed by atoms with Crippen molar-refractivity contribution < 1.29 is 4.79 Å². The zero-order valence-electron chi connectivity index (χ0n) is 15.4. The van der Waals surface area contributed by atoms with Crippen molar-refractivity contribution in [1.29, 1.82) is 0 Å². The van der Waals surface area contributed by atoms with Gasteiger partial charge >= 0.3 is 0 Å². The average molecular weight is 386 g/mol. The molecular weight excluding hydrogens is 366 g/mol. The van der Waals surface area contributed by atoms with Crippen LogP contribution < -0.4 is 5.32 Å². The highest BCUT2D eigenvalue weighted by Crippen LogP contribution is 2.31. The van der Waals surface area contributed by atoms with Gasteiger partial charge in [-0.2, -0.15) is 0 Å². The molecule has 0 saturated heterocycles. The molecule has 4 rings (SSSR count). The van der Waals surface area contributed by atoms with Gasteiger partial charge < -0.3 is 5.32 Å². The zero-order chi connectivity index (χ0) is 19.3. The van der Waals surface area contributed by atoms with Gasteiger partial charge in [-0.15, -0.1) is 0 Å². The van der Waals surface area contributed by atoms with E-state index in [4.69, 9.17) is 11.6 Å². The molecule has 0 aromatic heterocycles. The molecule has 0 unspecified atom stereocenters. The van der Waals surface area contributed by atoms with Crippen LogP contribution in [0.15, 0.2) is 91.0 Å². The predicted molar refractivity (Wildman–Crippen MR) is 118 cm³/mol. The lowest BCUT2D eigenvalue weighted by molar-refractivity contribution is -0.116. The van der Waals surface area contributed by atoms with Crippen molar-refractivity contribution in [2.75, 3.05) is 5.32 Å². The Morgan fingerprint density at radius 3 is 2.32 bits per heavy atom. The number of nitrogens with one attached hydrogen (secondary N) is 1. The molecule has 0 aliphatic rings. The van der Waals surface area contributed by atoms with E-state index < -0.39 is 0 Å². The van der Waals surface area contributed by atoms with Gasteiger partial charge in [-0.1, -0.05) is 90.5 Å². The fourth-order valence-electron chi connectivity index (χ4n) is 3.48. The molecule has 28 heavy (non-hydrogen) atoms. The molecule has 4 aromatic carbocycles. The van der Waals surface area contributed by atoms with E-state index in [9.17, 15) is 4.79 Å². The number of halogens is 1. The number of para-hydroxylation sites is 1. The summed E-state index contributed by atoms with van der Waals surface area (Å²) in [7, 11) is 0. The molecule has 4 aromatic rings. The molecule has 0 aliphatic carbocycles. The molecule has 1 N–H and O–H groups in total. The molecule has 0 spiro atoms. The number of amides is 1. The second-order valence-electron chi connectivity index (χ2n) is 6.71. The Bertz CT molecular complexity index is 1130. The highest BCUT2D eigenvalue weighted by molar-refractivity contribution is 6.33. The smallest absolute Gasteiger partial charge is 0.224 e. The van der Waals surface area contributed by atoms with Crippen molar-refractivity contribution in [3.63, 3.8) is 0 Å². The summed E-state index contributed by atoms with van der Waals surface area (Å²) in [5, 5.41) is 5.88. The molecule has 0 fully saturated rings. The summed E-state index contributed by atoms with van der Waals surface area (Å²) in [4.78, 5) is 12.4. The Hall–Kier alpha value is -3.10. The Labute approximate surface area is 169 Å². The van der Waals surface area contributed by atoms with Crippen LogP contribution in [0, 0.1) is 0 Å². The van der Waals surface area contributed by atoms with Gasteiger partial charge in [-0.25, -0.2) is 0 Å². The van der Waals surface area contributed by atoms with Gasteiger partial charge in [0.1, 0.15) is 0 Å². The number of carbonyl (C=O) groups is 1. The third-order valence-electron chi connectivity index (χ3n) is 4.87. The number of hydrogen-bond donors (Lipinski definition) is 1. The monoisotopic (exact) mass is 385 g/mol. The number of hydrogen-bond acceptors (Lipinski definition) is 1. The lowest BCUT2D eigenvalue weighted by atomic mass is 9.93. The maximum absolute atomic E-state index is 12.4. The van der Waals surface area contributed by atoms with Gasteiger partial charge in [0.25, 0.3) is 0 Å². The number of benzene rings is 4. The van der Waals surface area contributed by atoms with Crippen molar-refractivity contribution in [3.8, 4) is 11.1 Å². The lowest BCUT2D eigenvalue weighted by Crippen LogP contribution is -2.12. The minimum Gasteiger partial charge on any atom is -0.325 e. The number of anilines is 1. The number of fused-ring (bicyclic) bond motifs is 1. The van der Waals surface area contributed by atoms with Crippen LogP contribution in [0.3, 0.4) is 0 Å². The third kappa shape index (κ3) is 3.92. The fourth-order valence-corrected chi connectivity index (χ4v) is 3.67. The largest absolute Gasteiger partial charge is 0.325 e. The van der Waals surface area contributed by atoms with Crippen molar-refractivity contribution in [2.45, 2.75) is 12.8 Å². The van der Waals surface area contributed by atoms with Crippen LogP contribution >= 0.6 is 11.6 Å². The molecule has 0 saturated carbocycles. The minimum atomic E-state index is -0.0409. The highest BCUT2D eigenvalue weighted by atomic mass is 35.5. The van der Waals surface area contributed by atoms with Crippen LogP contribution in [0.1, 0.15) is 12.0 Å². The van der Waals surface area contributed by atoms with E-state index in [0.717, 1.165) is 5.56 Å². The molecule has 138 valence electrons. The highest BCUT2D eigenvalue weighted by Gasteiger charge is 2.11. The first-order valence-corrected chi connectivity index (χ1v) is 9.70. The summed E-state index contributed by atoms with van der Waals surface area (Å²) >= 11 is 6.13. The Kier molecular flexibility index (Phi) is 5.41. The van der Waals surface area contributed by atoms with Crippen molar-refractivity contribution in [2.24, 2.45) is 0 Å². The quantitative estimate of drug-likeness (QED) is 0.405. The Balaban J connectivity index is 1.57. The van der Waals surface area contributed by atoms with Crippen LogP contribution in [-0.4, -0.2) is 5.91 Å². The summed E-state index contributed by atoms with van der Waals surface area (Å²) in [6.07, 6.45) is 1.06. The van der Waals surface area contributed by atoms with Gasteiger partial charge in [-0.3, -0.25) is 4.79 Å². The van der Waals surface area contributed by atoms with Crippen molar-refractivity contribution in [1.82, 2.24) is 0 Å². The number of rotatable bonds is 5. The standard InChI is InChI=1S/C25H20ClNO/c26-23-14-5-6-15-24(23)27-25(28)17-16-19-9-2-4-12-21(19)22-13-7-10-18-8-1-3-11-20(18)22/h1-15H,16-17H2,(H,27,28). The molecule has 0 radical (unpaired) electrons. The molecule has 0 heterocycles. The van der Waals surface area contributed by atoms with E-state index in [1.54, 1.807) is 6.07 Å². The predicted octanol–water partition coefficient (Wildman–Crippen LogP) is 6.73. The number of aryl methyl sites for hydroxylation is 1. The Morgan fingerprint density at radius 1 is 0.750 bits per heavy atom. The topological polar surface area (TPSA) is 29.1 Å².